The van der Waals surface area contributed by atoms with Gasteiger partial charge in [-0.2, -0.15) is 0 Å². The van der Waals surface area contributed by atoms with E-state index >= 15 is 0 Å². The number of ketones is 1. The predicted molar refractivity (Wildman–Crippen MR) is 71.7 cm³/mol. The van der Waals surface area contributed by atoms with Crippen molar-refractivity contribution < 1.29 is 13.9 Å². The topological polar surface area (TPSA) is 29.5 Å². The Bertz CT molecular complexity index is 451. The summed E-state index contributed by atoms with van der Waals surface area (Å²) in [6, 6.07) is 5.47. The molecule has 0 heterocycles. The SMILES string of the molecule is COc1ccc(CN(C)C2CCC(=O)CC2)cc1F. The van der Waals surface area contributed by atoms with Crippen LogP contribution in [0.3, 0.4) is 0 Å². The maximum Gasteiger partial charge on any atom is 0.165 e. The van der Waals surface area contributed by atoms with E-state index in [2.05, 4.69) is 4.90 Å². The molecule has 0 bridgehead atoms. The fourth-order valence-electron chi connectivity index (χ4n) is 2.59. The molecule has 0 aromatic heterocycles. The van der Waals surface area contributed by atoms with E-state index in [4.69, 9.17) is 4.74 Å². The molecule has 0 amide bonds. The maximum absolute atomic E-state index is 13.6. The first kappa shape index (κ1) is 14.0. The summed E-state index contributed by atoms with van der Waals surface area (Å²) in [5, 5.41) is 0. The largest absolute Gasteiger partial charge is 0.494 e. The van der Waals surface area contributed by atoms with Gasteiger partial charge >= 0.3 is 0 Å². The number of methoxy groups -OCH3 is 1. The molecule has 19 heavy (non-hydrogen) atoms. The van der Waals surface area contributed by atoms with E-state index in [0.29, 0.717) is 31.2 Å². The minimum atomic E-state index is -0.327. The van der Waals surface area contributed by atoms with E-state index in [1.54, 1.807) is 6.07 Å². The standard InChI is InChI=1S/C15H20FNO2/c1-17(12-4-6-13(18)7-5-12)10-11-3-8-15(19-2)14(16)9-11/h3,8-9,12H,4-7,10H2,1-2H3. The molecule has 1 aliphatic carbocycles. The lowest BCUT2D eigenvalue weighted by Gasteiger charge is -2.30. The van der Waals surface area contributed by atoms with Gasteiger partial charge in [0, 0.05) is 25.4 Å². The Labute approximate surface area is 113 Å². The third kappa shape index (κ3) is 3.53. The lowest BCUT2D eigenvalue weighted by molar-refractivity contribution is -0.121. The molecular formula is C15H20FNO2. The number of hydrogen-bond acceptors (Lipinski definition) is 3. The summed E-state index contributed by atoms with van der Waals surface area (Å²) < 4.78 is 18.5. The fraction of sp³-hybridized carbons (Fsp3) is 0.533. The number of hydrogen-bond donors (Lipinski definition) is 0. The molecule has 0 N–H and O–H groups in total. The van der Waals surface area contributed by atoms with Crippen molar-refractivity contribution in [2.45, 2.75) is 38.3 Å². The zero-order valence-corrected chi connectivity index (χ0v) is 11.5. The average molecular weight is 265 g/mol. The van der Waals surface area contributed by atoms with Crippen LogP contribution in [0.15, 0.2) is 18.2 Å². The highest BCUT2D eigenvalue weighted by Gasteiger charge is 2.22. The van der Waals surface area contributed by atoms with Gasteiger partial charge in [0.1, 0.15) is 5.78 Å². The first-order valence-corrected chi connectivity index (χ1v) is 6.64. The Kier molecular flexibility index (Phi) is 4.53. The molecule has 1 aromatic rings. The predicted octanol–water partition coefficient (Wildman–Crippen LogP) is 2.78. The number of carbonyl (C=O) groups excluding carboxylic acids is 1. The third-order valence-electron chi connectivity index (χ3n) is 3.78. The second-order valence-corrected chi connectivity index (χ2v) is 5.15. The third-order valence-corrected chi connectivity index (χ3v) is 3.78. The Hall–Kier alpha value is -1.42. The van der Waals surface area contributed by atoms with Crippen molar-refractivity contribution in [3.63, 3.8) is 0 Å². The van der Waals surface area contributed by atoms with Crippen molar-refractivity contribution >= 4 is 5.78 Å². The number of Topliss-reactive ketones (excluding diaryl/α,β-unsaturated/α-hetero) is 1. The van der Waals surface area contributed by atoms with Crippen LogP contribution in [0.1, 0.15) is 31.2 Å². The summed E-state index contributed by atoms with van der Waals surface area (Å²) in [4.78, 5) is 13.4. The van der Waals surface area contributed by atoms with Gasteiger partial charge in [-0.15, -0.1) is 0 Å². The number of ether oxygens (including phenoxy) is 1. The molecule has 0 unspecified atom stereocenters. The normalized spacial score (nSPS) is 16.9. The molecule has 2 rings (SSSR count). The van der Waals surface area contributed by atoms with E-state index in [0.717, 1.165) is 18.4 Å². The first-order chi connectivity index (χ1) is 9.10. The highest BCUT2D eigenvalue weighted by atomic mass is 19.1. The van der Waals surface area contributed by atoms with E-state index in [-0.39, 0.29) is 11.6 Å². The number of nitrogens with zero attached hydrogens (tertiary/aromatic N) is 1. The van der Waals surface area contributed by atoms with Gasteiger partial charge in [0.15, 0.2) is 11.6 Å². The molecule has 0 saturated heterocycles. The molecule has 1 aromatic carbocycles. The quantitative estimate of drug-likeness (QED) is 0.838. The fourth-order valence-corrected chi connectivity index (χ4v) is 2.59. The van der Waals surface area contributed by atoms with Crippen LogP contribution in [-0.4, -0.2) is 30.9 Å². The molecule has 0 radical (unpaired) electrons. The van der Waals surface area contributed by atoms with E-state index in [1.807, 2.05) is 13.1 Å². The molecule has 0 atom stereocenters. The summed E-state index contributed by atoms with van der Waals surface area (Å²) in [7, 11) is 3.49. The van der Waals surface area contributed by atoms with Crippen molar-refractivity contribution in [2.75, 3.05) is 14.2 Å². The van der Waals surface area contributed by atoms with Crippen molar-refractivity contribution in [2.24, 2.45) is 0 Å². The first-order valence-electron chi connectivity index (χ1n) is 6.64. The van der Waals surface area contributed by atoms with Gasteiger partial charge in [0.2, 0.25) is 0 Å². The number of rotatable bonds is 4. The molecular weight excluding hydrogens is 245 g/mol. The van der Waals surface area contributed by atoms with Crippen LogP contribution in [0, 0.1) is 5.82 Å². The minimum Gasteiger partial charge on any atom is -0.494 e. The molecule has 104 valence electrons. The highest BCUT2D eigenvalue weighted by Crippen LogP contribution is 2.23. The van der Waals surface area contributed by atoms with E-state index in [1.165, 1.54) is 13.2 Å². The van der Waals surface area contributed by atoms with Gasteiger partial charge in [0.05, 0.1) is 7.11 Å². The van der Waals surface area contributed by atoms with Gasteiger partial charge in [-0.3, -0.25) is 9.69 Å². The van der Waals surface area contributed by atoms with Crippen molar-refractivity contribution in [3.05, 3.63) is 29.6 Å². The number of carbonyl (C=O) groups is 1. The number of benzene rings is 1. The molecule has 0 aliphatic heterocycles. The van der Waals surface area contributed by atoms with Crippen LogP contribution < -0.4 is 4.74 Å². The van der Waals surface area contributed by atoms with Crippen LogP contribution in [-0.2, 0) is 11.3 Å². The summed E-state index contributed by atoms with van der Waals surface area (Å²) in [6.07, 6.45) is 3.17. The van der Waals surface area contributed by atoms with Crippen molar-refractivity contribution in [3.8, 4) is 5.75 Å². The van der Waals surface area contributed by atoms with Crippen LogP contribution in [0.2, 0.25) is 0 Å². The van der Waals surface area contributed by atoms with Gasteiger partial charge in [-0.25, -0.2) is 4.39 Å². The summed E-state index contributed by atoms with van der Waals surface area (Å²) in [5.41, 5.74) is 0.928. The van der Waals surface area contributed by atoms with Gasteiger partial charge in [0.25, 0.3) is 0 Å². The maximum atomic E-state index is 13.6. The van der Waals surface area contributed by atoms with Gasteiger partial charge < -0.3 is 4.74 Å². The number of halogens is 1. The second-order valence-electron chi connectivity index (χ2n) is 5.15. The Morgan fingerprint density at radius 1 is 1.37 bits per heavy atom. The monoisotopic (exact) mass is 265 g/mol. The van der Waals surface area contributed by atoms with Crippen LogP contribution in [0.4, 0.5) is 4.39 Å². The van der Waals surface area contributed by atoms with Gasteiger partial charge in [-0.05, 0) is 37.6 Å². The average Bonchev–Trinajstić information content (AvgIpc) is 2.39. The van der Waals surface area contributed by atoms with E-state index < -0.39 is 0 Å². The molecule has 0 spiro atoms. The Balaban J connectivity index is 1.96. The minimum absolute atomic E-state index is 0.273. The summed E-state index contributed by atoms with van der Waals surface area (Å²) in [6.45, 7) is 0.694. The van der Waals surface area contributed by atoms with Crippen molar-refractivity contribution in [1.29, 1.82) is 0 Å². The lowest BCUT2D eigenvalue weighted by atomic mass is 9.93. The molecule has 1 fully saturated rings. The van der Waals surface area contributed by atoms with Crippen LogP contribution in [0.25, 0.3) is 0 Å². The molecule has 1 aliphatic rings. The highest BCUT2D eigenvalue weighted by molar-refractivity contribution is 5.79. The molecule has 3 nitrogen and oxygen atoms in total. The van der Waals surface area contributed by atoms with Crippen molar-refractivity contribution in [1.82, 2.24) is 4.90 Å². The zero-order valence-electron chi connectivity index (χ0n) is 11.5. The molecule has 1 saturated carbocycles. The molecule has 4 heteroatoms. The zero-order chi connectivity index (χ0) is 13.8. The van der Waals surface area contributed by atoms with Crippen LogP contribution >= 0.6 is 0 Å². The second kappa shape index (κ2) is 6.15. The smallest absolute Gasteiger partial charge is 0.165 e. The summed E-state index contributed by atoms with van der Waals surface area (Å²) in [5.74, 6) is 0.307. The Morgan fingerprint density at radius 3 is 2.63 bits per heavy atom. The summed E-state index contributed by atoms with van der Waals surface area (Å²) >= 11 is 0. The Morgan fingerprint density at radius 2 is 2.05 bits per heavy atom. The lowest BCUT2D eigenvalue weighted by Crippen LogP contribution is -2.34. The van der Waals surface area contributed by atoms with Gasteiger partial charge in [-0.1, -0.05) is 6.07 Å². The van der Waals surface area contributed by atoms with Crippen LogP contribution in [0.5, 0.6) is 5.75 Å². The van der Waals surface area contributed by atoms with E-state index in [9.17, 15) is 9.18 Å².